The first-order valence-electron chi connectivity index (χ1n) is 6.35. The maximum absolute atomic E-state index is 4.42. The Kier molecular flexibility index (Phi) is 2.50. The van der Waals surface area contributed by atoms with Crippen molar-refractivity contribution in [3.05, 3.63) is 24.2 Å². The van der Waals surface area contributed by atoms with Crippen molar-refractivity contribution in [3.63, 3.8) is 0 Å². The van der Waals surface area contributed by atoms with Crippen LogP contribution in [-0.4, -0.2) is 20.6 Å². The topological polar surface area (TPSA) is 42.2 Å². The third-order valence-corrected chi connectivity index (χ3v) is 3.42. The van der Waals surface area contributed by atoms with Crippen LogP contribution in [0, 0.1) is 12.8 Å². The number of nitrogens with zero attached hydrogens (tertiary/aromatic N) is 3. The zero-order valence-electron chi connectivity index (χ0n) is 10.3. The molecule has 1 N–H and O–H groups in total. The lowest BCUT2D eigenvalue weighted by molar-refractivity contribution is 0.692. The van der Waals surface area contributed by atoms with Crippen molar-refractivity contribution in [1.29, 1.82) is 0 Å². The summed E-state index contributed by atoms with van der Waals surface area (Å²) in [5, 5.41) is 7.93. The van der Waals surface area contributed by atoms with E-state index in [1.54, 1.807) is 6.20 Å². The zero-order valence-corrected chi connectivity index (χ0v) is 10.3. The Balaban J connectivity index is 1.81. The van der Waals surface area contributed by atoms with E-state index in [2.05, 4.69) is 28.4 Å². The van der Waals surface area contributed by atoms with Crippen LogP contribution in [0.1, 0.15) is 31.9 Å². The molecule has 0 saturated heterocycles. The van der Waals surface area contributed by atoms with Gasteiger partial charge < -0.3 is 5.32 Å². The SMILES string of the molecule is CCCC1CC1Nc1nccn2nc(C)cc12. The number of rotatable bonds is 4. The summed E-state index contributed by atoms with van der Waals surface area (Å²) >= 11 is 0. The standard InChI is InChI=1S/C13H18N4/c1-3-4-10-8-11(10)15-13-12-7-9(2)16-17(12)6-5-14-13/h5-7,10-11H,3-4,8H2,1-2H3,(H,14,15). The molecule has 1 aliphatic rings. The fourth-order valence-corrected chi connectivity index (χ4v) is 2.45. The predicted molar refractivity (Wildman–Crippen MR) is 68.1 cm³/mol. The van der Waals surface area contributed by atoms with Gasteiger partial charge in [-0.1, -0.05) is 13.3 Å². The first-order valence-corrected chi connectivity index (χ1v) is 6.35. The predicted octanol–water partition coefficient (Wildman–Crippen LogP) is 2.64. The number of hydrogen-bond acceptors (Lipinski definition) is 3. The van der Waals surface area contributed by atoms with Crippen LogP contribution < -0.4 is 5.32 Å². The van der Waals surface area contributed by atoms with Gasteiger partial charge in [-0.15, -0.1) is 0 Å². The van der Waals surface area contributed by atoms with Crippen LogP contribution in [0.15, 0.2) is 18.5 Å². The van der Waals surface area contributed by atoms with Crippen molar-refractivity contribution in [2.24, 2.45) is 5.92 Å². The number of fused-ring (bicyclic) bond motifs is 1. The molecule has 0 spiro atoms. The van der Waals surface area contributed by atoms with Gasteiger partial charge in [0.05, 0.1) is 5.69 Å². The van der Waals surface area contributed by atoms with Crippen molar-refractivity contribution in [2.75, 3.05) is 5.32 Å². The first-order chi connectivity index (χ1) is 8.28. The van der Waals surface area contributed by atoms with E-state index in [0.717, 1.165) is 22.9 Å². The second-order valence-corrected chi connectivity index (χ2v) is 4.93. The average molecular weight is 230 g/mol. The molecular weight excluding hydrogens is 212 g/mol. The zero-order chi connectivity index (χ0) is 11.8. The smallest absolute Gasteiger partial charge is 0.152 e. The molecule has 2 atom stereocenters. The normalized spacial score (nSPS) is 22.9. The van der Waals surface area contributed by atoms with Crippen molar-refractivity contribution >= 4 is 11.3 Å². The number of nitrogens with one attached hydrogen (secondary N) is 1. The second-order valence-electron chi connectivity index (χ2n) is 4.93. The Morgan fingerprint density at radius 1 is 1.53 bits per heavy atom. The molecular formula is C13H18N4. The molecule has 17 heavy (non-hydrogen) atoms. The summed E-state index contributed by atoms with van der Waals surface area (Å²) in [6.07, 6.45) is 7.57. The molecule has 4 heteroatoms. The summed E-state index contributed by atoms with van der Waals surface area (Å²) in [7, 11) is 0. The van der Waals surface area contributed by atoms with Gasteiger partial charge in [0.2, 0.25) is 0 Å². The molecule has 2 aromatic rings. The van der Waals surface area contributed by atoms with E-state index in [1.165, 1.54) is 19.3 Å². The van der Waals surface area contributed by atoms with Crippen LogP contribution in [0.2, 0.25) is 0 Å². The highest BCUT2D eigenvalue weighted by molar-refractivity contribution is 5.68. The summed E-state index contributed by atoms with van der Waals surface area (Å²) < 4.78 is 1.89. The molecule has 1 aliphatic carbocycles. The minimum absolute atomic E-state index is 0.615. The molecule has 0 aromatic carbocycles. The lowest BCUT2D eigenvalue weighted by Gasteiger charge is -2.05. The fraction of sp³-hybridized carbons (Fsp3) is 0.538. The maximum atomic E-state index is 4.42. The van der Waals surface area contributed by atoms with Crippen LogP contribution in [-0.2, 0) is 0 Å². The maximum Gasteiger partial charge on any atom is 0.152 e. The molecule has 2 unspecified atom stereocenters. The molecule has 0 amide bonds. The molecule has 3 rings (SSSR count). The van der Waals surface area contributed by atoms with Crippen LogP contribution in [0.3, 0.4) is 0 Å². The molecule has 2 aromatic heterocycles. The number of hydrogen-bond donors (Lipinski definition) is 1. The van der Waals surface area contributed by atoms with Gasteiger partial charge in [0, 0.05) is 18.4 Å². The first kappa shape index (κ1) is 10.6. The largest absolute Gasteiger partial charge is 0.365 e. The summed E-state index contributed by atoms with van der Waals surface area (Å²) in [5.74, 6) is 1.81. The van der Waals surface area contributed by atoms with Gasteiger partial charge in [-0.05, 0) is 31.7 Å². The number of aryl methyl sites for hydroxylation is 1. The quantitative estimate of drug-likeness (QED) is 0.878. The van der Waals surface area contributed by atoms with E-state index < -0.39 is 0 Å². The highest BCUT2D eigenvalue weighted by Crippen LogP contribution is 2.37. The lowest BCUT2D eigenvalue weighted by atomic mass is 10.2. The van der Waals surface area contributed by atoms with Crippen molar-refractivity contribution < 1.29 is 0 Å². The molecule has 90 valence electrons. The average Bonchev–Trinajstić information content (AvgIpc) is 2.88. The second kappa shape index (κ2) is 4.02. The van der Waals surface area contributed by atoms with Crippen molar-refractivity contribution in [1.82, 2.24) is 14.6 Å². The van der Waals surface area contributed by atoms with Crippen molar-refractivity contribution in [3.8, 4) is 0 Å². The molecule has 0 bridgehead atoms. The van der Waals surface area contributed by atoms with Crippen molar-refractivity contribution in [2.45, 2.75) is 39.2 Å². The highest BCUT2D eigenvalue weighted by atomic mass is 15.2. The third-order valence-electron chi connectivity index (χ3n) is 3.42. The summed E-state index contributed by atoms with van der Waals surface area (Å²) in [6, 6.07) is 2.69. The molecule has 0 radical (unpaired) electrons. The van der Waals surface area contributed by atoms with Gasteiger partial charge >= 0.3 is 0 Å². The highest BCUT2D eigenvalue weighted by Gasteiger charge is 2.36. The van der Waals surface area contributed by atoms with Crippen LogP contribution in [0.4, 0.5) is 5.82 Å². The Morgan fingerprint density at radius 3 is 3.24 bits per heavy atom. The summed E-state index contributed by atoms with van der Waals surface area (Å²) in [6.45, 7) is 4.25. The van der Waals surface area contributed by atoms with E-state index in [1.807, 2.05) is 17.6 Å². The van der Waals surface area contributed by atoms with E-state index in [-0.39, 0.29) is 0 Å². The van der Waals surface area contributed by atoms with Gasteiger partial charge in [-0.3, -0.25) is 0 Å². The molecule has 4 nitrogen and oxygen atoms in total. The number of aromatic nitrogens is 3. The minimum Gasteiger partial charge on any atom is -0.365 e. The Hall–Kier alpha value is -1.58. The monoisotopic (exact) mass is 230 g/mol. The lowest BCUT2D eigenvalue weighted by Crippen LogP contribution is -2.07. The third kappa shape index (κ3) is 1.99. The van der Waals surface area contributed by atoms with Gasteiger partial charge in [0.15, 0.2) is 5.82 Å². The van der Waals surface area contributed by atoms with Gasteiger partial charge in [-0.2, -0.15) is 5.10 Å². The molecule has 1 saturated carbocycles. The van der Waals surface area contributed by atoms with Crippen LogP contribution in [0.25, 0.3) is 5.52 Å². The van der Waals surface area contributed by atoms with E-state index in [9.17, 15) is 0 Å². The fourth-order valence-electron chi connectivity index (χ4n) is 2.45. The molecule has 2 heterocycles. The van der Waals surface area contributed by atoms with E-state index in [0.29, 0.717) is 6.04 Å². The van der Waals surface area contributed by atoms with Crippen LogP contribution >= 0.6 is 0 Å². The summed E-state index contributed by atoms with van der Waals surface area (Å²) in [5.41, 5.74) is 2.11. The Bertz CT molecular complexity index is 531. The molecule has 0 aliphatic heterocycles. The van der Waals surface area contributed by atoms with Crippen LogP contribution in [0.5, 0.6) is 0 Å². The van der Waals surface area contributed by atoms with E-state index in [4.69, 9.17) is 0 Å². The minimum atomic E-state index is 0.615. The van der Waals surface area contributed by atoms with Gasteiger partial charge in [0.25, 0.3) is 0 Å². The Morgan fingerprint density at radius 2 is 2.41 bits per heavy atom. The van der Waals surface area contributed by atoms with E-state index >= 15 is 0 Å². The Labute approximate surface area is 101 Å². The summed E-state index contributed by atoms with van der Waals surface area (Å²) in [4.78, 5) is 4.42. The molecule has 1 fully saturated rings. The van der Waals surface area contributed by atoms with Gasteiger partial charge in [0.1, 0.15) is 5.52 Å². The number of anilines is 1. The van der Waals surface area contributed by atoms with Gasteiger partial charge in [-0.25, -0.2) is 9.50 Å².